The molecule has 0 aliphatic carbocycles. The van der Waals surface area contributed by atoms with Crippen molar-refractivity contribution in [2.24, 2.45) is 0 Å². The molecule has 0 fully saturated rings. The number of hydrogen-bond donors (Lipinski definition) is 1. The van der Waals surface area contributed by atoms with E-state index in [1.54, 1.807) is 16.8 Å². The number of nitrogens with zero attached hydrogens (tertiary/aromatic N) is 1. The van der Waals surface area contributed by atoms with Gasteiger partial charge in [-0.1, -0.05) is 6.07 Å². The van der Waals surface area contributed by atoms with Crippen LogP contribution in [0.1, 0.15) is 18.5 Å². The summed E-state index contributed by atoms with van der Waals surface area (Å²) in [6, 6.07) is 8.58. The topological polar surface area (TPSA) is 26.2 Å². The molecular formula is C13H15FN2O. The third-order valence-corrected chi connectivity index (χ3v) is 2.62. The maximum Gasteiger partial charge on any atom is 0.132 e. The van der Waals surface area contributed by atoms with E-state index in [-0.39, 0.29) is 11.9 Å². The van der Waals surface area contributed by atoms with Crippen LogP contribution in [0.5, 0.6) is 5.75 Å². The number of halogens is 1. The lowest BCUT2D eigenvalue weighted by molar-refractivity contribution is 0.410. The highest BCUT2D eigenvalue weighted by atomic mass is 19.1. The fourth-order valence-electron chi connectivity index (χ4n) is 1.70. The first-order chi connectivity index (χ1) is 8.20. The molecule has 0 saturated carbocycles. The van der Waals surface area contributed by atoms with Crippen molar-refractivity contribution >= 4 is 0 Å². The van der Waals surface area contributed by atoms with E-state index in [2.05, 4.69) is 5.43 Å². The third-order valence-electron chi connectivity index (χ3n) is 2.62. The number of aromatic nitrogens is 1. The van der Waals surface area contributed by atoms with Gasteiger partial charge in [-0.3, -0.25) is 4.68 Å². The molecular weight excluding hydrogens is 219 g/mol. The van der Waals surface area contributed by atoms with Gasteiger partial charge in [0.2, 0.25) is 0 Å². The molecule has 0 aliphatic rings. The summed E-state index contributed by atoms with van der Waals surface area (Å²) in [5.41, 5.74) is 3.76. The van der Waals surface area contributed by atoms with E-state index in [4.69, 9.17) is 4.74 Å². The molecule has 2 rings (SSSR count). The number of benzene rings is 1. The summed E-state index contributed by atoms with van der Waals surface area (Å²) in [6.07, 6.45) is 3.75. The Morgan fingerprint density at radius 3 is 2.59 bits per heavy atom. The van der Waals surface area contributed by atoms with Crippen molar-refractivity contribution < 1.29 is 9.13 Å². The van der Waals surface area contributed by atoms with Crippen molar-refractivity contribution in [1.82, 2.24) is 4.68 Å². The summed E-state index contributed by atoms with van der Waals surface area (Å²) in [6.45, 7) is 1.91. The van der Waals surface area contributed by atoms with Gasteiger partial charge in [0.25, 0.3) is 0 Å². The van der Waals surface area contributed by atoms with E-state index < -0.39 is 0 Å². The molecule has 1 heterocycles. The minimum atomic E-state index is -0.267. The lowest BCUT2D eigenvalue weighted by atomic mass is 10.1. The molecule has 0 saturated heterocycles. The first-order valence-corrected chi connectivity index (χ1v) is 5.43. The van der Waals surface area contributed by atoms with Gasteiger partial charge in [0.1, 0.15) is 11.6 Å². The van der Waals surface area contributed by atoms with Crippen molar-refractivity contribution in [3.63, 3.8) is 0 Å². The van der Waals surface area contributed by atoms with Crippen molar-refractivity contribution in [1.29, 1.82) is 0 Å². The molecule has 1 aromatic heterocycles. The molecule has 3 nitrogen and oxygen atoms in total. The van der Waals surface area contributed by atoms with Crippen molar-refractivity contribution in [2.75, 3.05) is 12.5 Å². The van der Waals surface area contributed by atoms with Gasteiger partial charge in [-0.15, -0.1) is 0 Å². The Bertz CT molecular complexity index is 482. The summed E-state index contributed by atoms with van der Waals surface area (Å²) >= 11 is 0. The van der Waals surface area contributed by atoms with Gasteiger partial charge < -0.3 is 10.2 Å². The highest BCUT2D eigenvalue weighted by molar-refractivity contribution is 5.31. The maximum absolute atomic E-state index is 13.8. The van der Waals surface area contributed by atoms with Gasteiger partial charge >= 0.3 is 0 Å². The maximum atomic E-state index is 13.8. The average molecular weight is 234 g/mol. The van der Waals surface area contributed by atoms with Gasteiger partial charge in [-0.2, -0.15) is 0 Å². The summed E-state index contributed by atoms with van der Waals surface area (Å²) in [4.78, 5) is 0. The largest absolute Gasteiger partial charge is 0.497 e. The third kappa shape index (κ3) is 2.58. The van der Waals surface area contributed by atoms with Gasteiger partial charge in [0.05, 0.1) is 13.2 Å². The Balaban J connectivity index is 2.16. The molecule has 0 radical (unpaired) electrons. The molecule has 0 bridgehead atoms. The van der Waals surface area contributed by atoms with Gasteiger partial charge in [0.15, 0.2) is 0 Å². The molecule has 0 spiro atoms. The fraction of sp³-hybridized carbons (Fsp3) is 0.231. The second-order valence-corrected chi connectivity index (χ2v) is 3.83. The molecule has 1 atom stereocenters. The lowest BCUT2D eigenvalue weighted by Gasteiger charge is -2.17. The van der Waals surface area contributed by atoms with Crippen LogP contribution in [0.2, 0.25) is 0 Å². The number of ether oxygens (including phenoxy) is 1. The minimum absolute atomic E-state index is 0.117. The van der Waals surface area contributed by atoms with E-state index in [0.717, 1.165) is 0 Å². The molecule has 1 unspecified atom stereocenters. The van der Waals surface area contributed by atoms with Crippen LogP contribution in [-0.4, -0.2) is 11.8 Å². The quantitative estimate of drug-likeness (QED) is 0.880. The van der Waals surface area contributed by atoms with Crippen LogP contribution < -0.4 is 10.2 Å². The van der Waals surface area contributed by atoms with E-state index in [1.165, 1.54) is 13.2 Å². The molecule has 0 aliphatic heterocycles. The Labute approximate surface area is 99.8 Å². The van der Waals surface area contributed by atoms with Crippen LogP contribution in [0, 0.1) is 5.82 Å². The van der Waals surface area contributed by atoms with Crippen LogP contribution in [0.4, 0.5) is 4.39 Å². The van der Waals surface area contributed by atoms with E-state index >= 15 is 0 Å². The van der Waals surface area contributed by atoms with Gasteiger partial charge in [-0.05, 0) is 25.1 Å². The van der Waals surface area contributed by atoms with Crippen molar-refractivity contribution in [3.8, 4) is 5.75 Å². The first-order valence-electron chi connectivity index (χ1n) is 5.43. The van der Waals surface area contributed by atoms with Crippen LogP contribution in [0.25, 0.3) is 0 Å². The highest BCUT2D eigenvalue weighted by Crippen LogP contribution is 2.22. The first kappa shape index (κ1) is 11.5. The molecule has 17 heavy (non-hydrogen) atoms. The van der Waals surface area contributed by atoms with E-state index in [9.17, 15) is 4.39 Å². The molecule has 90 valence electrons. The molecule has 1 N–H and O–H groups in total. The zero-order valence-corrected chi connectivity index (χ0v) is 9.85. The Morgan fingerprint density at radius 1 is 1.29 bits per heavy atom. The van der Waals surface area contributed by atoms with Crippen LogP contribution >= 0.6 is 0 Å². The predicted molar refractivity (Wildman–Crippen MR) is 65.2 cm³/mol. The Hall–Kier alpha value is -1.97. The number of rotatable bonds is 4. The van der Waals surface area contributed by atoms with Crippen LogP contribution in [0.3, 0.4) is 0 Å². The summed E-state index contributed by atoms with van der Waals surface area (Å²) in [5.74, 6) is 0.260. The van der Waals surface area contributed by atoms with E-state index in [0.29, 0.717) is 11.3 Å². The number of nitrogens with one attached hydrogen (secondary N) is 1. The second-order valence-electron chi connectivity index (χ2n) is 3.83. The predicted octanol–water partition coefficient (Wildman–Crippen LogP) is 2.94. The lowest BCUT2D eigenvalue weighted by Crippen LogP contribution is -2.17. The SMILES string of the molecule is COc1ccc(C(C)Nn2cccc2)c(F)c1. The summed E-state index contributed by atoms with van der Waals surface area (Å²) in [7, 11) is 1.52. The monoisotopic (exact) mass is 234 g/mol. The van der Waals surface area contributed by atoms with E-state index in [1.807, 2.05) is 31.5 Å². The Morgan fingerprint density at radius 2 is 2.00 bits per heavy atom. The highest BCUT2D eigenvalue weighted by Gasteiger charge is 2.11. The normalized spacial score (nSPS) is 12.2. The molecule has 2 aromatic rings. The van der Waals surface area contributed by atoms with Crippen LogP contribution in [0.15, 0.2) is 42.7 Å². The molecule has 1 aromatic carbocycles. The average Bonchev–Trinajstić information content (AvgIpc) is 2.81. The summed E-state index contributed by atoms with van der Waals surface area (Å²) < 4.78 is 20.6. The minimum Gasteiger partial charge on any atom is -0.497 e. The van der Waals surface area contributed by atoms with Crippen molar-refractivity contribution in [3.05, 3.63) is 54.1 Å². The van der Waals surface area contributed by atoms with Gasteiger partial charge in [0, 0.05) is 24.0 Å². The molecule has 0 amide bonds. The molecule has 4 heteroatoms. The standard InChI is InChI=1S/C13H15FN2O/c1-10(15-16-7-3-4-8-16)12-6-5-11(17-2)9-13(12)14/h3-10,15H,1-2H3. The number of methoxy groups -OCH3 is 1. The smallest absolute Gasteiger partial charge is 0.132 e. The number of hydrogen-bond acceptors (Lipinski definition) is 2. The Kier molecular flexibility index (Phi) is 3.32. The van der Waals surface area contributed by atoms with Crippen LogP contribution in [-0.2, 0) is 0 Å². The summed E-state index contributed by atoms with van der Waals surface area (Å²) in [5, 5.41) is 0. The fourth-order valence-corrected chi connectivity index (χ4v) is 1.70. The van der Waals surface area contributed by atoms with Gasteiger partial charge in [-0.25, -0.2) is 4.39 Å². The second kappa shape index (κ2) is 4.91. The zero-order chi connectivity index (χ0) is 12.3. The zero-order valence-electron chi connectivity index (χ0n) is 9.85. The van der Waals surface area contributed by atoms with Crippen molar-refractivity contribution in [2.45, 2.75) is 13.0 Å².